The van der Waals surface area contributed by atoms with E-state index in [1.807, 2.05) is 6.08 Å². The second-order valence-electron chi connectivity index (χ2n) is 8.15. The molecule has 0 aromatic heterocycles. The van der Waals surface area contributed by atoms with Crippen molar-refractivity contribution in [3.05, 3.63) is 63.4 Å². The number of rotatable bonds is 4. The molecule has 0 radical (unpaired) electrons. The third-order valence-electron chi connectivity index (χ3n) is 3.40. The lowest BCUT2D eigenvalue weighted by molar-refractivity contribution is -0.384. The third-order valence-corrected chi connectivity index (χ3v) is 6.20. The number of non-ortho nitro benzene ring substituents is 1. The van der Waals surface area contributed by atoms with Crippen LogP contribution in [0.15, 0.2) is 47.7 Å². The molecule has 0 amide bonds. The highest BCUT2D eigenvalue weighted by molar-refractivity contribution is 6.85. The average molecular weight is 382 g/mol. The molecule has 0 heterocycles. The van der Waals surface area contributed by atoms with Crippen molar-refractivity contribution in [1.29, 1.82) is 0 Å². The van der Waals surface area contributed by atoms with Crippen molar-refractivity contribution < 1.29 is 4.92 Å². The fraction of sp³-hybridized carbons (Fsp3) is 0.333. The van der Waals surface area contributed by atoms with Gasteiger partial charge in [0.1, 0.15) is 8.07 Å². The molecule has 136 valence electrons. The molecule has 3 nitrogen and oxygen atoms in total. The molecule has 0 aliphatic heterocycles. The quantitative estimate of drug-likeness (QED) is 0.225. The Labute approximate surface area is 159 Å². The predicted octanol–water partition coefficient (Wildman–Crippen LogP) is 5.58. The van der Waals surface area contributed by atoms with E-state index in [4.69, 9.17) is 0 Å². The number of nitro groups is 1. The van der Waals surface area contributed by atoms with Gasteiger partial charge in [0.15, 0.2) is 0 Å². The second kappa shape index (κ2) is 8.85. The smallest absolute Gasteiger partial charge is 0.258 e. The van der Waals surface area contributed by atoms with E-state index in [-0.39, 0.29) is 5.69 Å². The van der Waals surface area contributed by atoms with Crippen LogP contribution >= 0.6 is 0 Å². The van der Waals surface area contributed by atoms with Crippen molar-refractivity contribution in [2.24, 2.45) is 0 Å². The van der Waals surface area contributed by atoms with E-state index in [9.17, 15) is 10.1 Å². The fourth-order valence-electron chi connectivity index (χ4n) is 2.14. The molecule has 0 fully saturated rings. The first-order valence-electron chi connectivity index (χ1n) is 8.58. The summed E-state index contributed by atoms with van der Waals surface area (Å²) in [6, 6.07) is 6.34. The number of nitrogens with zero attached hydrogens (tertiary/aromatic N) is 1. The molecule has 1 aromatic rings. The van der Waals surface area contributed by atoms with Crippen molar-refractivity contribution in [3.8, 4) is 23.3 Å². The first-order chi connectivity index (χ1) is 11.9. The molecule has 0 atom stereocenters. The van der Waals surface area contributed by atoms with Crippen LogP contribution in [0, 0.1) is 33.4 Å². The Morgan fingerprint density at radius 2 is 1.69 bits per heavy atom. The largest absolute Gasteiger partial charge is 0.269 e. The van der Waals surface area contributed by atoms with Crippen LogP contribution in [0.3, 0.4) is 0 Å². The third kappa shape index (κ3) is 7.27. The van der Waals surface area contributed by atoms with E-state index in [2.05, 4.69) is 69.2 Å². The maximum Gasteiger partial charge on any atom is 0.269 e. The molecule has 0 saturated carbocycles. The van der Waals surface area contributed by atoms with Crippen molar-refractivity contribution in [2.75, 3.05) is 0 Å². The van der Waals surface area contributed by atoms with Gasteiger partial charge in [-0.1, -0.05) is 63.1 Å². The predicted molar refractivity (Wildman–Crippen MR) is 116 cm³/mol. The van der Waals surface area contributed by atoms with Crippen molar-refractivity contribution in [3.63, 3.8) is 0 Å². The SMILES string of the molecule is C=CC/C(C#C[Si](C)(C)C)=C(/C#Cc1ccc([N+](=O)[O-])cc1)[Si](C)(C)C. The number of nitro benzene ring substituents is 1. The monoisotopic (exact) mass is 381 g/mol. The zero-order chi connectivity index (χ0) is 20.0. The number of allylic oxidation sites excluding steroid dienone is 3. The molecule has 0 N–H and O–H groups in total. The van der Waals surface area contributed by atoms with Gasteiger partial charge in [0.2, 0.25) is 0 Å². The van der Waals surface area contributed by atoms with Crippen LogP contribution in [0.2, 0.25) is 39.3 Å². The summed E-state index contributed by atoms with van der Waals surface area (Å²) in [4.78, 5) is 10.4. The van der Waals surface area contributed by atoms with Crippen LogP contribution in [-0.2, 0) is 0 Å². The maximum absolute atomic E-state index is 10.8. The van der Waals surface area contributed by atoms with Crippen molar-refractivity contribution in [1.82, 2.24) is 0 Å². The Bertz CT molecular complexity index is 831. The highest BCUT2D eigenvalue weighted by Gasteiger charge is 2.21. The van der Waals surface area contributed by atoms with Gasteiger partial charge in [-0.2, -0.15) is 0 Å². The van der Waals surface area contributed by atoms with Crippen molar-refractivity contribution in [2.45, 2.75) is 45.7 Å². The first kappa shape index (κ1) is 21.7. The number of benzene rings is 1. The summed E-state index contributed by atoms with van der Waals surface area (Å²) in [5.41, 5.74) is 5.35. The molecule has 0 unspecified atom stereocenters. The highest BCUT2D eigenvalue weighted by Crippen LogP contribution is 2.21. The second-order valence-corrected chi connectivity index (χ2v) is 17.9. The summed E-state index contributed by atoms with van der Waals surface area (Å²) in [6.45, 7) is 17.3. The fourth-order valence-corrected chi connectivity index (χ4v) is 4.17. The molecule has 0 saturated heterocycles. The van der Waals surface area contributed by atoms with E-state index in [0.717, 1.165) is 16.3 Å². The lowest BCUT2D eigenvalue weighted by atomic mass is 10.1. The van der Waals surface area contributed by atoms with Gasteiger partial charge in [-0.25, -0.2) is 0 Å². The molecule has 0 spiro atoms. The van der Waals surface area contributed by atoms with Gasteiger partial charge >= 0.3 is 0 Å². The van der Waals surface area contributed by atoms with Gasteiger partial charge in [0, 0.05) is 23.3 Å². The van der Waals surface area contributed by atoms with Crippen LogP contribution in [0.5, 0.6) is 0 Å². The molecule has 0 aliphatic rings. The van der Waals surface area contributed by atoms with Gasteiger partial charge in [0.25, 0.3) is 5.69 Å². The Hall–Kier alpha value is -2.35. The van der Waals surface area contributed by atoms with Gasteiger partial charge in [-0.05, 0) is 23.7 Å². The zero-order valence-corrected chi connectivity index (χ0v) is 18.6. The average Bonchev–Trinajstić information content (AvgIpc) is 2.51. The molecule has 5 heteroatoms. The molecular formula is C21H27NO2Si2. The zero-order valence-electron chi connectivity index (χ0n) is 16.6. The highest BCUT2D eigenvalue weighted by atomic mass is 28.3. The molecule has 0 bridgehead atoms. The van der Waals surface area contributed by atoms with Crippen LogP contribution < -0.4 is 0 Å². The molecule has 0 aliphatic carbocycles. The molecule has 1 rings (SSSR count). The summed E-state index contributed by atoms with van der Waals surface area (Å²) in [7, 11) is -3.19. The van der Waals surface area contributed by atoms with E-state index in [1.54, 1.807) is 12.1 Å². The van der Waals surface area contributed by atoms with Crippen LogP contribution in [-0.4, -0.2) is 21.1 Å². The van der Waals surface area contributed by atoms with E-state index < -0.39 is 21.1 Å². The first-order valence-corrected chi connectivity index (χ1v) is 15.6. The Balaban J connectivity index is 3.43. The number of hydrogen-bond acceptors (Lipinski definition) is 2. The Morgan fingerprint density at radius 3 is 2.12 bits per heavy atom. The minimum absolute atomic E-state index is 0.0739. The van der Waals surface area contributed by atoms with Crippen LogP contribution in [0.1, 0.15) is 12.0 Å². The van der Waals surface area contributed by atoms with Gasteiger partial charge in [0.05, 0.1) is 13.0 Å². The van der Waals surface area contributed by atoms with Gasteiger partial charge in [-0.3, -0.25) is 10.1 Å². The Kier molecular flexibility index (Phi) is 7.38. The standard InChI is InChI=1S/C21H27NO2Si2/c1-8-9-19(16-17-25(2,3)4)21(26(5,6)7)15-12-18-10-13-20(14-11-18)22(23)24/h8,10-11,13-14H,1,9H2,2-7H3/b21-19+. The van der Waals surface area contributed by atoms with E-state index in [0.29, 0.717) is 6.42 Å². The van der Waals surface area contributed by atoms with Gasteiger partial charge < -0.3 is 0 Å². The van der Waals surface area contributed by atoms with E-state index >= 15 is 0 Å². The van der Waals surface area contributed by atoms with E-state index in [1.165, 1.54) is 12.1 Å². The summed E-state index contributed by atoms with van der Waals surface area (Å²) in [6.07, 6.45) is 2.59. The summed E-state index contributed by atoms with van der Waals surface area (Å²) in [5, 5.41) is 11.9. The normalized spacial score (nSPS) is 12.1. The van der Waals surface area contributed by atoms with Crippen LogP contribution in [0.4, 0.5) is 5.69 Å². The van der Waals surface area contributed by atoms with Crippen LogP contribution in [0.25, 0.3) is 0 Å². The molecular weight excluding hydrogens is 354 g/mol. The summed E-state index contributed by atoms with van der Waals surface area (Å²) < 4.78 is 0. The lowest BCUT2D eigenvalue weighted by Gasteiger charge is -2.18. The minimum atomic E-state index is -1.70. The lowest BCUT2D eigenvalue weighted by Crippen LogP contribution is -2.25. The summed E-state index contributed by atoms with van der Waals surface area (Å²) in [5.74, 6) is 9.89. The topological polar surface area (TPSA) is 43.1 Å². The Morgan fingerprint density at radius 1 is 1.12 bits per heavy atom. The summed E-state index contributed by atoms with van der Waals surface area (Å²) >= 11 is 0. The minimum Gasteiger partial charge on any atom is -0.258 e. The van der Waals surface area contributed by atoms with Gasteiger partial charge in [-0.15, -0.1) is 12.1 Å². The van der Waals surface area contributed by atoms with Crippen molar-refractivity contribution >= 4 is 21.8 Å². The number of hydrogen-bond donors (Lipinski definition) is 0. The maximum atomic E-state index is 10.8. The molecule has 26 heavy (non-hydrogen) atoms. The molecule has 1 aromatic carbocycles.